The van der Waals surface area contributed by atoms with E-state index < -0.39 is 23.7 Å². The van der Waals surface area contributed by atoms with Crippen LogP contribution in [0, 0.1) is 0 Å². The van der Waals surface area contributed by atoms with Gasteiger partial charge in [-0.15, -0.1) is 11.3 Å². The van der Waals surface area contributed by atoms with Crippen LogP contribution in [0.2, 0.25) is 5.02 Å². The SMILES string of the molecule is O=C(NCCc1cccs1)Oc1cnn(-c2ccc(Cl)cc2)c1C(F)(F)F. The van der Waals surface area contributed by atoms with Crippen LogP contribution in [0.1, 0.15) is 10.6 Å². The number of rotatable bonds is 5. The number of benzene rings is 1. The third-order valence-corrected chi connectivity index (χ3v) is 4.69. The van der Waals surface area contributed by atoms with E-state index in [-0.39, 0.29) is 12.2 Å². The molecule has 3 rings (SSSR count). The molecule has 0 aliphatic heterocycles. The Bertz CT molecular complexity index is 909. The second-order valence-corrected chi connectivity index (χ2v) is 6.86. The van der Waals surface area contributed by atoms with Crippen LogP contribution in [0.25, 0.3) is 5.69 Å². The topological polar surface area (TPSA) is 56.1 Å². The van der Waals surface area contributed by atoms with Gasteiger partial charge in [-0.2, -0.15) is 18.3 Å². The van der Waals surface area contributed by atoms with Crippen molar-refractivity contribution in [2.24, 2.45) is 0 Å². The van der Waals surface area contributed by atoms with E-state index in [2.05, 4.69) is 10.4 Å². The van der Waals surface area contributed by atoms with E-state index in [4.69, 9.17) is 16.3 Å². The second kappa shape index (κ2) is 8.01. The zero-order valence-electron chi connectivity index (χ0n) is 13.7. The molecule has 2 heterocycles. The Morgan fingerprint density at radius 1 is 1.26 bits per heavy atom. The standard InChI is InChI=1S/C17H13ClF3N3O2S/c18-11-3-5-12(6-4-11)24-15(17(19,20)21)14(10-23-24)26-16(25)22-8-7-13-2-1-9-27-13/h1-6,9-10H,7-8H2,(H,22,25). The van der Waals surface area contributed by atoms with Gasteiger partial charge in [0.1, 0.15) is 0 Å². The number of hydrogen-bond donors (Lipinski definition) is 1. The van der Waals surface area contributed by atoms with Crippen LogP contribution in [0.3, 0.4) is 0 Å². The third-order valence-electron chi connectivity index (χ3n) is 3.50. The first-order valence-electron chi connectivity index (χ1n) is 7.74. The van der Waals surface area contributed by atoms with Gasteiger partial charge in [-0.3, -0.25) is 0 Å². The normalized spacial score (nSPS) is 11.4. The smallest absolute Gasteiger partial charge is 0.406 e. The van der Waals surface area contributed by atoms with Crippen molar-refractivity contribution >= 4 is 29.0 Å². The van der Waals surface area contributed by atoms with Crippen molar-refractivity contribution in [2.75, 3.05) is 6.54 Å². The first-order valence-corrected chi connectivity index (χ1v) is 8.99. The molecule has 0 unspecified atom stereocenters. The van der Waals surface area contributed by atoms with Crippen LogP contribution in [-0.4, -0.2) is 22.4 Å². The largest absolute Gasteiger partial charge is 0.437 e. The molecule has 5 nitrogen and oxygen atoms in total. The summed E-state index contributed by atoms with van der Waals surface area (Å²) in [5.74, 6) is -0.675. The van der Waals surface area contributed by atoms with Crippen LogP contribution in [-0.2, 0) is 12.6 Å². The number of aromatic nitrogens is 2. The Labute approximate surface area is 161 Å². The summed E-state index contributed by atoms with van der Waals surface area (Å²) in [5, 5.41) is 8.41. The highest BCUT2D eigenvalue weighted by Crippen LogP contribution is 2.37. The van der Waals surface area contributed by atoms with E-state index in [0.717, 1.165) is 11.1 Å². The molecule has 0 radical (unpaired) electrons. The molecular weight excluding hydrogens is 403 g/mol. The number of carbonyl (C=O) groups excluding carboxylic acids is 1. The van der Waals surface area contributed by atoms with Crippen LogP contribution in [0.15, 0.2) is 48.0 Å². The summed E-state index contributed by atoms with van der Waals surface area (Å²) < 4.78 is 46.0. The molecule has 0 spiro atoms. The maximum absolute atomic E-state index is 13.5. The van der Waals surface area contributed by atoms with Gasteiger partial charge in [0.2, 0.25) is 0 Å². The summed E-state index contributed by atoms with van der Waals surface area (Å²) in [6.07, 6.45) is -4.34. The van der Waals surface area contributed by atoms with E-state index in [0.29, 0.717) is 16.1 Å². The lowest BCUT2D eigenvalue weighted by atomic mass is 10.3. The number of halogens is 4. The van der Waals surface area contributed by atoms with E-state index in [1.54, 1.807) is 0 Å². The van der Waals surface area contributed by atoms with Gasteiger partial charge in [-0.1, -0.05) is 17.7 Å². The zero-order valence-corrected chi connectivity index (χ0v) is 15.2. The van der Waals surface area contributed by atoms with E-state index in [1.807, 2.05) is 17.5 Å². The Balaban J connectivity index is 1.74. The highest BCUT2D eigenvalue weighted by Gasteiger charge is 2.40. The predicted octanol–water partition coefficient (Wildman–Crippen LogP) is 4.94. The number of amides is 1. The number of hydrogen-bond acceptors (Lipinski definition) is 4. The van der Waals surface area contributed by atoms with Crippen LogP contribution < -0.4 is 10.1 Å². The second-order valence-electron chi connectivity index (χ2n) is 5.39. The third kappa shape index (κ3) is 4.81. The number of alkyl halides is 3. The Kier molecular flexibility index (Phi) is 5.71. The number of nitrogens with zero attached hydrogens (tertiary/aromatic N) is 2. The fourth-order valence-corrected chi connectivity index (χ4v) is 3.16. The first kappa shape index (κ1) is 19.2. The average molecular weight is 416 g/mol. The van der Waals surface area contributed by atoms with Gasteiger partial charge in [0.25, 0.3) is 0 Å². The molecule has 0 saturated heterocycles. The molecule has 0 aliphatic rings. The molecule has 0 fully saturated rings. The molecule has 1 amide bonds. The van der Waals surface area contributed by atoms with Gasteiger partial charge >= 0.3 is 12.3 Å². The molecular formula is C17H13ClF3N3O2S. The summed E-state index contributed by atoms with van der Waals surface area (Å²) in [6, 6.07) is 9.42. The van der Waals surface area contributed by atoms with E-state index in [9.17, 15) is 18.0 Å². The van der Waals surface area contributed by atoms with Crippen LogP contribution >= 0.6 is 22.9 Å². The van der Waals surface area contributed by atoms with E-state index in [1.165, 1.54) is 35.6 Å². The molecule has 1 aromatic carbocycles. The quantitative estimate of drug-likeness (QED) is 0.642. The molecule has 1 N–H and O–H groups in total. The van der Waals surface area contributed by atoms with E-state index >= 15 is 0 Å². The van der Waals surface area contributed by atoms with Crippen molar-refractivity contribution in [3.05, 3.63) is 63.6 Å². The molecule has 27 heavy (non-hydrogen) atoms. The molecule has 0 atom stereocenters. The van der Waals surface area contributed by atoms with Gasteiger partial charge < -0.3 is 10.1 Å². The Hall–Kier alpha value is -2.52. The first-order chi connectivity index (χ1) is 12.8. The monoisotopic (exact) mass is 415 g/mol. The number of thiophene rings is 1. The summed E-state index contributed by atoms with van der Waals surface area (Å²) in [4.78, 5) is 12.9. The van der Waals surface area contributed by atoms with Crippen molar-refractivity contribution in [1.82, 2.24) is 15.1 Å². The molecule has 0 saturated carbocycles. The van der Waals surface area contributed by atoms with Crippen molar-refractivity contribution in [3.63, 3.8) is 0 Å². The summed E-state index contributed by atoms with van der Waals surface area (Å²) >= 11 is 7.28. The van der Waals surface area contributed by atoms with Crippen LogP contribution in [0.5, 0.6) is 5.75 Å². The molecule has 10 heteroatoms. The molecule has 3 aromatic rings. The van der Waals surface area contributed by atoms with Gasteiger partial charge in [-0.25, -0.2) is 9.48 Å². The molecule has 0 bridgehead atoms. The van der Waals surface area contributed by atoms with Crippen LogP contribution in [0.4, 0.5) is 18.0 Å². The highest BCUT2D eigenvalue weighted by atomic mass is 35.5. The number of ether oxygens (including phenoxy) is 1. The minimum absolute atomic E-state index is 0.139. The Morgan fingerprint density at radius 2 is 2.00 bits per heavy atom. The number of carbonyl (C=O) groups is 1. The number of nitrogens with one attached hydrogen (secondary N) is 1. The molecule has 2 aromatic heterocycles. The summed E-state index contributed by atoms with van der Waals surface area (Å²) in [5.41, 5.74) is -1.04. The lowest BCUT2D eigenvalue weighted by Crippen LogP contribution is -2.29. The average Bonchev–Trinajstić information content (AvgIpc) is 3.25. The predicted molar refractivity (Wildman–Crippen MR) is 95.6 cm³/mol. The van der Waals surface area contributed by atoms with Crippen molar-refractivity contribution in [2.45, 2.75) is 12.6 Å². The maximum Gasteiger partial charge on any atom is 0.437 e. The van der Waals surface area contributed by atoms with Gasteiger partial charge in [-0.05, 0) is 42.1 Å². The van der Waals surface area contributed by atoms with Gasteiger partial charge in [0.15, 0.2) is 11.4 Å². The summed E-state index contributed by atoms with van der Waals surface area (Å²) in [7, 11) is 0. The minimum Gasteiger partial charge on any atom is -0.406 e. The van der Waals surface area contributed by atoms with Crippen molar-refractivity contribution < 1.29 is 22.7 Å². The van der Waals surface area contributed by atoms with Gasteiger partial charge in [0, 0.05) is 16.4 Å². The molecule has 142 valence electrons. The highest BCUT2D eigenvalue weighted by molar-refractivity contribution is 7.09. The summed E-state index contributed by atoms with van der Waals surface area (Å²) in [6.45, 7) is 0.242. The Morgan fingerprint density at radius 3 is 2.63 bits per heavy atom. The fourth-order valence-electron chi connectivity index (χ4n) is 2.32. The molecule has 0 aliphatic carbocycles. The van der Waals surface area contributed by atoms with Gasteiger partial charge in [0.05, 0.1) is 11.9 Å². The van der Waals surface area contributed by atoms with Crippen molar-refractivity contribution in [3.8, 4) is 11.4 Å². The zero-order chi connectivity index (χ0) is 19.4. The maximum atomic E-state index is 13.5. The fraction of sp³-hybridized carbons (Fsp3) is 0.176. The minimum atomic E-state index is -4.78. The lowest BCUT2D eigenvalue weighted by molar-refractivity contribution is -0.143. The van der Waals surface area contributed by atoms with Crippen molar-refractivity contribution in [1.29, 1.82) is 0 Å². The lowest BCUT2D eigenvalue weighted by Gasteiger charge is -2.12.